The number of rotatable bonds is 8. The zero-order valence-electron chi connectivity index (χ0n) is 19.5. The lowest BCUT2D eigenvalue weighted by Gasteiger charge is -2.35. The molecule has 1 aromatic carbocycles. The van der Waals surface area contributed by atoms with Crippen LogP contribution in [-0.4, -0.2) is 74.1 Å². The molecule has 10 nitrogen and oxygen atoms in total. The standard InChI is InChI=1S/C23H32N6O4/c1-4-10-27-11-13-28(14-12-27)22-24-20-19(21(31)26(3)23(32)25(20)2)29(22)15-17(30)16-33-18-8-6-5-7-9-18/h5-9,17,30H,4,10-16H2,1-3H3/t17-/m0/s1. The summed E-state index contributed by atoms with van der Waals surface area (Å²) in [7, 11) is 3.07. The number of benzene rings is 1. The molecule has 1 atom stereocenters. The van der Waals surface area contributed by atoms with E-state index in [9.17, 15) is 14.7 Å². The maximum Gasteiger partial charge on any atom is 0.332 e. The summed E-state index contributed by atoms with van der Waals surface area (Å²) in [6.07, 6.45) is 0.231. The van der Waals surface area contributed by atoms with Crippen molar-refractivity contribution < 1.29 is 9.84 Å². The van der Waals surface area contributed by atoms with Crippen LogP contribution in [-0.2, 0) is 20.6 Å². The van der Waals surface area contributed by atoms with Crippen LogP contribution in [0, 0.1) is 0 Å². The summed E-state index contributed by atoms with van der Waals surface area (Å²) in [5.41, 5.74) is -0.216. The van der Waals surface area contributed by atoms with Crippen molar-refractivity contribution in [2.75, 3.05) is 44.2 Å². The minimum atomic E-state index is -0.871. The molecule has 10 heteroatoms. The number of anilines is 1. The fourth-order valence-corrected chi connectivity index (χ4v) is 4.31. The SMILES string of the molecule is CCCN1CCN(c2nc3c(c(=O)n(C)c(=O)n3C)n2C[C@H](O)COc2ccccc2)CC1. The highest BCUT2D eigenvalue weighted by molar-refractivity contribution is 5.74. The summed E-state index contributed by atoms with van der Waals surface area (Å²) in [4.78, 5) is 34.8. The summed E-state index contributed by atoms with van der Waals surface area (Å²) >= 11 is 0. The number of aryl methyl sites for hydroxylation is 1. The normalized spacial score (nSPS) is 15.8. The Balaban J connectivity index is 1.67. The molecule has 4 rings (SSSR count). The third-order valence-electron chi connectivity index (χ3n) is 6.10. The smallest absolute Gasteiger partial charge is 0.332 e. The lowest BCUT2D eigenvalue weighted by molar-refractivity contribution is 0.0935. The number of hydrogen-bond acceptors (Lipinski definition) is 7. The number of imidazole rings is 1. The fourth-order valence-electron chi connectivity index (χ4n) is 4.31. The number of aromatic nitrogens is 4. The van der Waals surface area contributed by atoms with E-state index >= 15 is 0 Å². The molecule has 178 valence electrons. The summed E-state index contributed by atoms with van der Waals surface area (Å²) in [6.45, 7) is 6.72. The van der Waals surface area contributed by atoms with Gasteiger partial charge in [-0.1, -0.05) is 25.1 Å². The van der Waals surface area contributed by atoms with Gasteiger partial charge in [0.25, 0.3) is 5.56 Å². The number of aliphatic hydroxyl groups is 1. The van der Waals surface area contributed by atoms with Crippen molar-refractivity contribution >= 4 is 17.1 Å². The number of piperazine rings is 1. The van der Waals surface area contributed by atoms with E-state index in [0.29, 0.717) is 22.9 Å². The van der Waals surface area contributed by atoms with Crippen LogP contribution in [0.5, 0.6) is 5.75 Å². The predicted octanol–water partition coefficient (Wildman–Crippen LogP) is 0.406. The van der Waals surface area contributed by atoms with Crippen LogP contribution in [0.2, 0.25) is 0 Å². The van der Waals surface area contributed by atoms with Crippen LogP contribution in [0.25, 0.3) is 11.2 Å². The van der Waals surface area contributed by atoms with Crippen LogP contribution in [0.1, 0.15) is 13.3 Å². The van der Waals surface area contributed by atoms with Crippen LogP contribution < -0.4 is 20.9 Å². The van der Waals surface area contributed by atoms with Crippen molar-refractivity contribution in [2.24, 2.45) is 14.1 Å². The lowest BCUT2D eigenvalue weighted by atomic mass is 10.3. The second-order valence-corrected chi connectivity index (χ2v) is 8.51. The largest absolute Gasteiger partial charge is 0.491 e. The summed E-state index contributed by atoms with van der Waals surface area (Å²) in [5, 5.41) is 10.8. The molecular weight excluding hydrogens is 424 g/mol. The van der Waals surface area contributed by atoms with E-state index in [4.69, 9.17) is 9.72 Å². The highest BCUT2D eigenvalue weighted by Crippen LogP contribution is 2.22. The van der Waals surface area contributed by atoms with Crippen molar-refractivity contribution in [3.05, 3.63) is 51.2 Å². The van der Waals surface area contributed by atoms with E-state index in [2.05, 4.69) is 16.7 Å². The average Bonchev–Trinajstić information content (AvgIpc) is 3.20. The molecule has 33 heavy (non-hydrogen) atoms. The number of ether oxygens (including phenoxy) is 1. The van der Waals surface area contributed by atoms with E-state index in [1.165, 1.54) is 11.6 Å². The Hall–Kier alpha value is -3.11. The Labute approximate surface area is 192 Å². The molecule has 3 aromatic rings. The highest BCUT2D eigenvalue weighted by atomic mass is 16.5. The molecule has 0 bridgehead atoms. The van der Waals surface area contributed by atoms with Gasteiger partial charge in [-0.15, -0.1) is 0 Å². The Morgan fingerprint density at radius 1 is 1.06 bits per heavy atom. The van der Waals surface area contributed by atoms with E-state index in [1.807, 2.05) is 30.3 Å². The van der Waals surface area contributed by atoms with Crippen molar-refractivity contribution in [2.45, 2.75) is 26.0 Å². The van der Waals surface area contributed by atoms with Gasteiger partial charge in [-0.3, -0.25) is 18.8 Å². The first-order chi connectivity index (χ1) is 15.9. The maximum absolute atomic E-state index is 13.1. The topological polar surface area (TPSA) is 97.8 Å². The molecule has 3 heterocycles. The van der Waals surface area contributed by atoms with E-state index in [-0.39, 0.29) is 13.2 Å². The Bertz CT molecular complexity index is 1210. The summed E-state index contributed by atoms with van der Waals surface area (Å²) < 4.78 is 9.92. The van der Waals surface area contributed by atoms with Gasteiger partial charge in [-0.2, -0.15) is 4.98 Å². The zero-order chi connectivity index (χ0) is 23.5. The molecule has 1 saturated heterocycles. The van der Waals surface area contributed by atoms with E-state index < -0.39 is 17.4 Å². The Morgan fingerprint density at radius 3 is 2.42 bits per heavy atom. The van der Waals surface area contributed by atoms with Gasteiger partial charge < -0.3 is 19.3 Å². The Morgan fingerprint density at radius 2 is 1.76 bits per heavy atom. The van der Waals surface area contributed by atoms with Gasteiger partial charge in [0.05, 0.1) is 6.54 Å². The Kier molecular flexibility index (Phi) is 6.85. The molecular formula is C23H32N6O4. The third kappa shape index (κ3) is 4.67. The molecule has 0 saturated carbocycles. The fraction of sp³-hybridized carbons (Fsp3) is 0.522. The quantitative estimate of drug-likeness (QED) is 0.524. The molecule has 2 aromatic heterocycles. The number of fused-ring (bicyclic) bond motifs is 1. The summed E-state index contributed by atoms with van der Waals surface area (Å²) in [6, 6.07) is 9.28. The van der Waals surface area contributed by atoms with Crippen molar-refractivity contribution in [3.63, 3.8) is 0 Å². The second-order valence-electron chi connectivity index (χ2n) is 8.51. The molecule has 0 radical (unpaired) electrons. The zero-order valence-corrected chi connectivity index (χ0v) is 19.5. The van der Waals surface area contributed by atoms with Crippen molar-refractivity contribution in [1.29, 1.82) is 0 Å². The first-order valence-corrected chi connectivity index (χ1v) is 11.4. The van der Waals surface area contributed by atoms with Gasteiger partial charge in [-0.05, 0) is 25.1 Å². The van der Waals surface area contributed by atoms with E-state index in [1.54, 1.807) is 11.6 Å². The molecule has 0 unspecified atom stereocenters. The number of aliphatic hydroxyl groups excluding tert-OH is 1. The average molecular weight is 457 g/mol. The van der Waals surface area contributed by atoms with Gasteiger partial charge in [0, 0.05) is 40.3 Å². The highest BCUT2D eigenvalue weighted by Gasteiger charge is 2.26. The maximum atomic E-state index is 13.1. The minimum Gasteiger partial charge on any atom is -0.491 e. The second kappa shape index (κ2) is 9.80. The van der Waals surface area contributed by atoms with Gasteiger partial charge in [0.15, 0.2) is 11.2 Å². The van der Waals surface area contributed by atoms with E-state index in [0.717, 1.165) is 43.7 Å². The van der Waals surface area contributed by atoms with Crippen molar-refractivity contribution in [1.82, 2.24) is 23.6 Å². The molecule has 0 amide bonds. The molecule has 1 N–H and O–H groups in total. The van der Waals surface area contributed by atoms with Crippen molar-refractivity contribution in [3.8, 4) is 5.75 Å². The van der Waals surface area contributed by atoms with Crippen LogP contribution in [0.15, 0.2) is 39.9 Å². The third-order valence-corrected chi connectivity index (χ3v) is 6.10. The number of para-hydroxylation sites is 1. The van der Waals surface area contributed by atoms with Gasteiger partial charge in [0.1, 0.15) is 18.5 Å². The minimum absolute atomic E-state index is 0.0689. The summed E-state index contributed by atoms with van der Waals surface area (Å²) in [5.74, 6) is 1.26. The van der Waals surface area contributed by atoms with Crippen LogP contribution >= 0.6 is 0 Å². The first kappa shape index (κ1) is 23.1. The predicted molar refractivity (Wildman–Crippen MR) is 127 cm³/mol. The lowest BCUT2D eigenvalue weighted by Crippen LogP contribution is -2.47. The monoisotopic (exact) mass is 456 g/mol. The molecule has 1 aliphatic rings. The van der Waals surface area contributed by atoms with Gasteiger partial charge in [0.2, 0.25) is 5.95 Å². The van der Waals surface area contributed by atoms with Gasteiger partial charge >= 0.3 is 5.69 Å². The number of hydrogen-bond donors (Lipinski definition) is 1. The van der Waals surface area contributed by atoms with Crippen LogP contribution in [0.3, 0.4) is 0 Å². The molecule has 0 spiro atoms. The molecule has 0 aliphatic carbocycles. The molecule has 1 fully saturated rings. The first-order valence-electron chi connectivity index (χ1n) is 11.4. The molecule has 1 aliphatic heterocycles. The van der Waals surface area contributed by atoms with Crippen LogP contribution in [0.4, 0.5) is 5.95 Å². The number of nitrogens with zero attached hydrogens (tertiary/aromatic N) is 6. The van der Waals surface area contributed by atoms with Gasteiger partial charge in [-0.25, -0.2) is 4.79 Å².